The molecule has 0 fully saturated rings. The van der Waals surface area contributed by atoms with Gasteiger partial charge in [0.2, 0.25) is 5.91 Å². The van der Waals surface area contributed by atoms with E-state index >= 15 is 0 Å². The molecule has 2 rings (SSSR count). The molecule has 0 saturated carbocycles. The number of nitrogens with zero attached hydrogens (tertiary/aromatic N) is 2. The number of ketones is 1. The highest BCUT2D eigenvalue weighted by Crippen LogP contribution is 2.23. The summed E-state index contributed by atoms with van der Waals surface area (Å²) in [5.41, 5.74) is 2.20. The van der Waals surface area contributed by atoms with Crippen molar-refractivity contribution in [3.63, 3.8) is 0 Å². The quantitative estimate of drug-likeness (QED) is 0.632. The summed E-state index contributed by atoms with van der Waals surface area (Å²) in [6.45, 7) is 3.32. The van der Waals surface area contributed by atoms with Crippen LogP contribution < -0.4 is 0 Å². The molecule has 0 saturated heterocycles. The van der Waals surface area contributed by atoms with Crippen molar-refractivity contribution >= 4 is 38.5 Å². The van der Waals surface area contributed by atoms with Crippen molar-refractivity contribution in [2.75, 3.05) is 5.33 Å². The third-order valence-corrected chi connectivity index (χ3v) is 3.17. The molecule has 1 aromatic carbocycles. The summed E-state index contributed by atoms with van der Waals surface area (Å²) in [5.74, 6) is -0.169. The standard InChI is InChI=1S/C12H11BrN2O2/c1-7-3-4-10-9(12(7)11(17)5-13)6-14-15(10)8(2)16/h3-4,6H,5H2,1-2H3. The summed E-state index contributed by atoms with van der Waals surface area (Å²) in [6, 6.07) is 3.64. The van der Waals surface area contributed by atoms with Crippen molar-refractivity contribution in [1.29, 1.82) is 0 Å². The monoisotopic (exact) mass is 294 g/mol. The predicted octanol–water partition coefficient (Wildman–Crippen LogP) is 2.58. The Morgan fingerprint density at radius 1 is 1.41 bits per heavy atom. The first-order chi connectivity index (χ1) is 8.06. The Kier molecular flexibility index (Phi) is 3.11. The zero-order valence-electron chi connectivity index (χ0n) is 9.53. The largest absolute Gasteiger partial charge is 0.293 e. The number of aromatic nitrogens is 2. The Bertz CT molecular complexity index is 616. The third kappa shape index (κ3) is 1.91. The van der Waals surface area contributed by atoms with Gasteiger partial charge in [-0.15, -0.1) is 0 Å². The molecule has 17 heavy (non-hydrogen) atoms. The Morgan fingerprint density at radius 3 is 2.71 bits per heavy atom. The number of hydrogen-bond donors (Lipinski definition) is 0. The van der Waals surface area contributed by atoms with Gasteiger partial charge in [-0.25, -0.2) is 4.68 Å². The molecule has 88 valence electrons. The molecule has 4 nitrogen and oxygen atoms in total. The van der Waals surface area contributed by atoms with Gasteiger partial charge in [0.1, 0.15) is 0 Å². The van der Waals surface area contributed by atoms with Gasteiger partial charge in [0.15, 0.2) is 5.78 Å². The minimum absolute atomic E-state index is 0.00352. The molecular formula is C12H11BrN2O2. The van der Waals surface area contributed by atoms with E-state index in [9.17, 15) is 9.59 Å². The second-order valence-electron chi connectivity index (χ2n) is 3.82. The molecule has 0 bridgehead atoms. The first-order valence-corrected chi connectivity index (χ1v) is 6.26. The van der Waals surface area contributed by atoms with Gasteiger partial charge in [-0.2, -0.15) is 5.10 Å². The lowest BCUT2D eigenvalue weighted by atomic mass is 10.0. The van der Waals surface area contributed by atoms with Crippen LogP contribution in [0.15, 0.2) is 18.3 Å². The number of carbonyl (C=O) groups excluding carboxylic acids is 2. The van der Waals surface area contributed by atoms with E-state index in [0.29, 0.717) is 11.1 Å². The summed E-state index contributed by atoms with van der Waals surface area (Å²) < 4.78 is 1.31. The fourth-order valence-electron chi connectivity index (χ4n) is 1.90. The summed E-state index contributed by atoms with van der Waals surface area (Å²) >= 11 is 3.16. The molecule has 0 unspecified atom stereocenters. The molecule has 0 spiro atoms. The number of benzene rings is 1. The topological polar surface area (TPSA) is 52.0 Å². The van der Waals surface area contributed by atoms with Crippen LogP contribution in [0.4, 0.5) is 0 Å². The summed E-state index contributed by atoms with van der Waals surface area (Å²) in [5, 5.41) is 5.00. The van der Waals surface area contributed by atoms with Crippen LogP contribution in [0.3, 0.4) is 0 Å². The SMILES string of the molecule is CC(=O)n1ncc2c(C(=O)CBr)c(C)ccc21. The molecular weight excluding hydrogens is 284 g/mol. The molecule has 0 aliphatic heterocycles. The van der Waals surface area contributed by atoms with Crippen molar-refractivity contribution in [3.05, 3.63) is 29.5 Å². The van der Waals surface area contributed by atoms with E-state index in [0.717, 1.165) is 10.9 Å². The predicted molar refractivity (Wildman–Crippen MR) is 68.9 cm³/mol. The van der Waals surface area contributed by atoms with E-state index < -0.39 is 0 Å². The summed E-state index contributed by atoms with van der Waals surface area (Å²) in [7, 11) is 0. The zero-order chi connectivity index (χ0) is 12.6. The van der Waals surface area contributed by atoms with E-state index in [1.165, 1.54) is 11.6 Å². The minimum Gasteiger partial charge on any atom is -0.293 e. The molecule has 5 heteroatoms. The highest BCUT2D eigenvalue weighted by molar-refractivity contribution is 9.09. The lowest BCUT2D eigenvalue weighted by Crippen LogP contribution is -2.08. The zero-order valence-corrected chi connectivity index (χ0v) is 11.1. The maximum absolute atomic E-state index is 11.9. The number of alkyl halides is 1. The van der Waals surface area contributed by atoms with Crippen LogP contribution in [0.2, 0.25) is 0 Å². The molecule has 0 N–H and O–H groups in total. The fourth-order valence-corrected chi connectivity index (χ4v) is 2.18. The van der Waals surface area contributed by atoms with E-state index in [2.05, 4.69) is 21.0 Å². The number of carbonyl (C=O) groups is 2. The molecule has 0 aliphatic rings. The van der Waals surface area contributed by atoms with Gasteiger partial charge in [0.05, 0.1) is 17.0 Å². The Morgan fingerprint density at radius 2 is 2.12 bits per heavy atom. The van der Waals surface area contributed by atoms with Gasteiger partial charge >= 0.3 is 0 Å². The molecule has 0 amide bonds. The number of fused-ring (bicyclic) bond motifs is 1. The Labute approximate surface area is 107 Å². The molecule has 0 atom stereocenters. The lowest BCUT2D eigenvalue weighted by Gasteiger charge is -2.05. The number of rotatable bonds is 2. The fraction of sp³-hybridized carbons (Fsp3) is 0.250. The normalized spacial score (nSPS) is 10.8. The van der Waals surface area contributed by atoms with E-state index in [4.69, 9.17) is 0 Å². The highest BCUT2D eigenvalue weighted by atomic mass is 79.9. The second-order valence-corrected chi connectivity index (χ2v) is 4.38. The first kappa shape index (κ1) is 12.0. The number of halogens is 1. The average molecular weight is 295 g/mol. The van der Waals surface area contributed by atoms with Gasteiger partial charge in [0, 0.05) is 17.9 Å². The van der Waals surface area contributed by atoms with E-state index in [-0.39, 0.29) is 17.0 Å². The van der Waals surface area contributed by atoms with Gasteiger partial charge in [0.25, 0.3) is 0 Å². The van der Waals surface area contributed by atoms with Crippen molar-refractivity contribution < 1.29 is 9.59 Å². The molecule has 1 aromatic heterocycles. The lowest BCUT2D eigenvalue weighted by molar-refractivity contribution is 0.0926. The van der Waals surface area contributed by atoms with Crippen LogP contribution in [0.5, 0.6) is 0 Å². The number of aryl methyl sites for hydroxylation is 1. The van der Waals surface area contributed by atoms with Crippen LogP contribution in [-0.2, 0) is 0 Å². The molecule has 0 radical (unpaired) electrons. The molecule has 0 aliphatic carbocycles. The number of hydrogen-bond acceptors (Lipinski definition) is 3. The molecule has 1 heterocycles. The smallest absolute Gasteiger partial charge is 0.244 e. The minimum atomic E-state index is -0.166. The van der Waals surface area contributed by atoms with Gasteiger partial charge in [-0.05, 0) is 18.6 Å². The maximum atomic E-state index is 11.9. The number of Topliss-reactive ketones (excluding diaryl/α,β-unsaturated/α-hetero) is 1. The van der Waals surface area contributed by atoms with E-state index in [1.807, 2.05) is 19.1 Å². The Hall–Kier alpha value is -1.49. The van der Waals surface area contributed by atoms with E-state index in [1.54, 1.807) is 6.20 Å². The molecule has 2 aromatic rings. The van der Waals surface area contributed by atoms with Crippen LogP contribution in [-0.4, -0.2) is 26.8 Å². The van der Waals surface area contributed by atoms with Gasteiger partial charge in [-0.1, -0.05) is 22.0 Å². The van der Waals surface area contributed by atoms with Crippen LogP contribution in [0, 0.1) is 6.92 Å². The highest BCUT2D eigenvalue weighted by Gasteiger charge is 2.16. The van der Waals surface area contributed by atoms with Crippen LogP contribution >= 0.6 is 15.9 Å². The first-order valence-electron chi connectivity index (χ1n) is 5.13. The van der Waals surface area contributed by atoms with Crippen molar-refractivity contribution in [2.24, 2.45) is 0 Å². The average Bonchev–Trinajstić information content (AvgIpc) is 2.71. The third-order valence-electron chi connectivity index (χ3n) is 2.66. The van der Waals surface area contributed by atoms with Crippen molar-refractivity contribution in [3.8, 4) is 0 Å². The maximum Gasteiger partial charge on any atom is 0.244 e. The Balaban J connectivity index is 2.79. The van der Waals surface area contributed by atoms with Crippen LogP contribution in [0.1, 0.15) is 27.6 Å². The van der Waals surface area contributed by atoms with Gasteiger partial charge in [-0.3, -0.25) is 9.59 Å². The van der Waals surface area contributed by atoms with Crippen molar-refractivity contribution in [1.82, 2.24) is 9.78 Å². The summed E-state index contributed by atoms with van der Waals surface area (Å²) in [6.07, 6.45) is 1.57. The van der Waals surface area contributed by atoms with Crippen LogP contribution in [0.25, 0.3) is 10.9 Å². The van der Waals surface area contributed by atoms with Crippen molar-refractivity contribution in [2.45, 2.75) is 13.8 Å². The summed E-state index contributed by atoms with van der Waals surface area (Å²) in [4.78, 5) is 23.2. The second kappa shape index (κ2) is 4.41. The van der Waals surface area contributed by atoms with Gasteiger partial charge < -0.3 is 0 Å².